The minimum atomic E-state index is -0.189. The van der Waals surface area contributed by atoms with Gasteiger partial charge >= 0.3 is 0 Å². The Morgan fingerprint density at radius 3 is 2.38 bits per heavy atom. The summed E-state index contributed by atoms with van der Waals surface area (Å²) in [5.41, 5.74) is 4.60. The third-order valence-electron chi connectivity index (χ3n) is 4.60. The smallest absolute Gasteiger partial charge is 0.212 e. The van der Waals surface area contributed by atoms with Gasteiger partial charge in [-0.1, -0.05) is 36.9 Å². The van der Waals surface area contributed by atoms with Crippen LogP contribution in [0.1, 0.15) is 16.7 Å². The number of aliphatic hydroxyl groups is 1. The average molecular weight is 383 g/mol. The van der Waals surface area contributed by atoms with Crippen molar-refractivity contribution in [3.05, 3.63) is 89.1 Å². The van der Waals surface area contributed by atoms with Gasteiger partial charge in [0.1, 0.15) is 5.70 Å². The van der Waals surface area contributed by atoms with E-state index in [1.54, 1.807) is 24.3 Å². The average Bonchev–Trinajstić information content (AvgIpc) is 3.01. The van der Waals surface area contributed by atoms with Gasteiger partial charge in [0.2, 0.25) is 5.78 Å². The number of ketones is 1. The number of carbonyl (C=O) groups is 1. The minimum Gasteiger partial charge on any atom is -0.395 e. The summed E-state index contributed by atoms with van der Waals surface area (Å²) in [5.74, 6) is -0.189. The van der Waals surface area contributed by atoms with Gasteiger partial charge in [0.05, 0.1) is 24.0 Å². The van der Waals surface area contributed by atoms with Gasteiger partial charge in [-0.25, -0.2) is 4.99 Å². The second-order valence-corrected chi connectivity index (χ2v) is 6.64. The molecule has 1 N–H and O–H groups in total. The van der Waals surface area contributed by atoms with Crippen LogP contribution in [0.5, 0.6) is 0 Å². The van der Waals surface area contributed by atoms with Crippen molar-refractivity contribution in [2.75, 3.05) is 25.1 Å². The van der Waals surface area contributed by atoms with E-state index in [1.165, 1.54) is 0 Å². The molecular formula is C24H21N3O2. The third-order valence-corrected chi connectivity index (χ3v) is 4.60. The number of aliphatic imine (C=N–C) groups is 1. The van der Waals surface area contributed by atoms with Gasteiger partial charge in [-0.3, -0.25) is 4.79 Å². The van der Waals surface area contributed by atoms with E-state index < -0.39 is 0 Å². The molecule has 1 aliphatic heterocycles. The number of nitrogens with zero attached hydrogens (tertiary/aromatic N) is 3. The van der Waals surface area contributed by atoms with Crippen molar-refractivity contribution in [3.63, 3.8) is 0 Å². The van der Waals surface area contributed by atoms with Gasteiger partial charge in [-0.2, -0.15) is 5.26 Å². The van der Waals surface area contributed by atoms with Crippen LogP contribution >= 0.6 is 0 Å². The SMILES string of the molecule is C=C1C(=O)/C(=C/c2ccc(N(C)CCO)cc2)N=C1/C=C/c1ccc(C#N)cc1. The zero-order valence-electron chi connectivity index (χ0n) is 16.2. The van der Waals surface area contributed by atoms with Crippen LogP contribution < -0.4 is 4.90 Å². The van der Waals surface area contributed by atoms with Crippen LogP contribution in [0, 0.1) is 11.3 Å². The van der Waals surface area contributed by atoms with Crippen molar-refractivity contribution < 1.29 is 9.90 Å². The van der Waals surface area contributed by atoms with Gasteiger partial charge in [-0.15, -0.1) is 0 Å². The lowest BCUT2D eigenvalue weighted by molar-refractivity contribution is -0.111. The number of nitriles is 1. The van der Waals surface area contributed by atoms with Crippen molar-refractivity contribution in [2.45, 2.75) is 0 Å². The summed E-state index contributed by atoms with van der Waals surface area (Å²) < 4.78 is 0. The predicted molar refractivity (Wildman–Crippen MR) is 117 cm³/mol. The van der Waals surface area contributed by atoms with Crippen LogP contribution in [0.4, 0.5) is 5.69 Å². The lowest BCUT2D eigenvalue weighted by Crippen LogP contribution is -2.20. The first-order chi connectivity index (χ1) is 14.0. The van der Waals surface area contributed by atoms with Crippen LogP contribution in [-0.2, 0) is 4.79 Å². The second-order valence-electron chi connectivity index (χ2n) is 6.64. The van der Waals surface area contributed by atoms with Crippen LogP contribution in [0.25, 0.3) is 12.2 Å². The molecule has 144 valence electrons. The van der Waals surface area contributed by atoms with Crippen molar-refractivity contribution in [1.82, 2.24) is 0 Å². The number of likely N-dealkylation sites (N-methyl/N-ethyl adjacent to an activating group) is 1. The fourth-order valence-corrected chi connectivity index (χ4v) is 2.86. The summed E-state index contributed by atoms with van der Waals surface area (Å²) in [4.78, 5) is 18.9. The summed E-state index contributed by atoms with van der Waals surface area (Å²) in [5, 5.41) is 17.9. The Balaban J connectivity index is 1.78. The molecule has 5 nitrogen and oxygen atoms in total. The second kappa shape index (κ2) is 8.96. The first-order valence-corrected chi connectivity index (χ1v) is 9.16. The first kappa shape index (κ1) is 20.0. The predicted octanol–water partition coefficient (Wildman–Crippen LogP) is 3.62. The molecule has 2 aromatic carbocycles. The Hall–Kier alpha value is -3.75. The number of carbonyl (C=O) groups excluding carboxylic acids is 1. The molecule has 0 saturated carbocycles. The Bertz CT molecular complexity index is 1050. The van der Waals surface area contributed by atoms with Crippen LogP contribution in [0.15, 0.2) is 77.4 Å². The van der Waals surface area contributed by atoms with Crippen LogP contribution in [-0.4, -0.2) is 36.8 Å². The van der Waals surface area contributed by atoms with Crippen molar-refractivity contribution in [2.24, 2.45) is 4.99 Å². The van der Waals surface area contributed by atoms with E-state index >= 15 is 0 Å². The molecule has 0 saturated heterocycles. The van der Waals surface area contributed by atoms with Crippen LogP contribution in [0.2, 0.25) is 0 Å². The van der Waals surface area contributed by atoms with Crippen molar-refractivity contribution >= 4 is 29.3 Å². The number of anilines is 1. The fourth-order valence-electron chi connectivity index (χ4n) is 2.86. The molecule has 3 rings (SSSR count). The molecule has 0 fully saturated rings. The maximum absolute atomic E-state index is 12.5. The van der Waals surface area contributed by atoms with E-state index in [0.717, 1.165) is 16.8 Å². The highest BCUT2D eigenvalue weighted by Crippen LogP contribution is 2.23. The molecule has 0 unspecified atom stereocenters. The van der Waals surface area contributed by atoms with Gasteiger partial charge in [0.25, 0.3) is 0 Å². The molecule has 0 aromatic heterocycles. The highest BCUT2D eigenvalue weighted by Gasteiger charge is 2.23. The van der Waals surface area contributed by atoms with Gasteiger partial charge in [0.15, 0.2) is 0 Å². The molecule has 2 aromatic rings. The zero-order valence-corrected chi connectivity index (χ0v) is 16.2. The Labute approximate surface area is 170 Å². The Kier molecular flexibility index (Phi) is 6.18. The Morgan fingerprint density at radius 2 is 1.76 bits per heavy atom. The Morgan fingerprint density at radius 1 is 1.10 bits per heavy atom. The molecule has 0 spiro atoms. The largest absolute Gasteiger partial charge is 0.395 e. The number of aliphatic hydroxyl groups excluding tert-OH is 1. The van der Waals surface area contributed by atoms with Crippen molar-refractivity contribution in [1.29, 1.82) is 5.26 Å². The molecule has 0 atom stereocenters. The van der Waals surface area contributed by atoms with E-state index in [1.807, 2.05) is 54.4 Å². The minimum absolute atomic E-state index is 0.0897. The van der Waals surface area contributed by atoms with Gasteiger partial charge < -0.3 is 10.0 Å². The quantitative estimate of drug-likeness (QED) is 0.773. The molecule has 0 radical (unpaired) electrons. The first-order valence-electron chi connectivity index (χ1n) is 9.16. The van der Waals surface area contributed by atoms with Gasteiger partial charge in [-0.05, 0) is 47.5 Å². The number of allylic oxidation sites excluding steroid dienone is 2. The normalized spacial score (nSPS) is 15.1. The molecular weight excluding hydrogens is 362 g/mol. The fraction of sp³-hybridized carbons (Fsp3) is 0.125. The third kappa shape index (κ3) is 4.75. The summed E-state index contributed by atoms with van der Waals surface area (Å²) in [6.45, 7) is 4.50. The molecule has 5 heteroatoms. The molecule has 29 heavy (non-hydrogen) atoms. The number of hydrogen-bond donors (Lipinski definition) is 1. The molecule has 0 aliphatic carbocycles. The number of hydrogen-bond acceptors (Lipinski definition) is 5. The van der Waals surface area contributed by atoms with E-state index in [9.17, 15) is 4.79 Å². The zero-order chi connectivity index (χ0) is 20.8. The molecule has 1 heterocycles. The number of Topliss-reactive ketones (excluding diaryl/α,β-unsaturated/α-hetero) is 1. The monoisotopic (exact) mass is 383 g/mol. The topological polar surface area (TPSA) is 76.7 Å². The van der Waals surface area contributed by atoms with Gasteiger partial charge in [0, 0.05) is 24.9 Å². The lowest BCUT2D eigenvalue weighted by atomic mass is 10.1. The molecule has 1 aliphatic rings. The lowest BCUT2D eigenvalue weighted by Gasteiger charge is -2.17. The highest BCUT2D eigenvalue weighted by atomic mass is 16.3. The summed E-state index contributed by atoms with van der Waals surface area (Å²) in [6, 6.07) is 16.9. The summed E-state index contributed by atoms with van der Waals surface area (Å²) in [6.07, 6.45) is 5.34. The standard InChI is InChI=1S/C24H21N3O2/c1-17-22(12-9-18-3-5-20(16-25)6-4-18)26-23(24(17)29)15-19-7-10-21(11-8-19)27(2)13-14-28/h3-12,15,28H,1,13-14H2,2H3/b12-9+,23-15-. The molecule has 0 amide bonds. The number of benzene rings is 2. The van der Waals surface area contributed by atoms with E-state index in [4.69, 9.17) is 10.4 Å². The van der Waals surface area contributed by atoms with Crippen molar-refractivity contribution in [3.8, 4) is 6.07 Å². The summed E-state index contributed by atoms with van der Waals surface area (Å²) >= 11 is 0. The van der Waals surface area contributed by atoms with Crippen LogP contribution in [0.3, 0.4) is 0 Å². The number of rotatable bonds is 6. The van der Waals surface area contributed by atoms with E-state index in [2.05, 4.69) is 17.6 Å². The maximum atomic E-state index is 12.5. The molecule has 0 bridgehead atoms. The maximum Gasteiger partial charge on any atom is 0.212 e. The highest BCUT2D eigenvalue weighted by molar-refractivity contribution is 6.36. The summed E-state index contributed by atoms with van der Waals surface area (Å²) in [7, 11) is 1.91. The van der Waals surface area contributed by atoms with E-state index in [-0.39, 0.29) is 12.4 Å². The van der Waals surface area contributed by atoms with E-state index in [0.29, 0.717) is 29.1 Å².